The minimum Gasteiger partial charge on any atom is -0.468 e. The second kappa shape index (κ2) is 9.30. The molecule has 2 rings (SSSR count). The highest BCUT2D eigenvalue weighted by Crippen LogP contribution is 2.34. The molecule has 1 fully saturated rings. The molecule has 1 saturated heterocycles. The van der Waals surface area contributed by atoms with E-state index in [9.17, 15) is 13.2 Å². The number of sulfonamides is 1. The van der Waals surface area contributed by atoms with E-state index < -0.39 is 15.4 Å². The summed E-state index contributed by atoms with van der Waals surface area (Å²) in [6, 6.07) is 5.23. The SMILES string of the molecule is COC(=O)C(C)(CCN1CCC(N(C)S(C)(=O)=O)CC1)c1ccc(Cl)c(Cl)c1. The van der Waals surface area contributed by atoms with Crippen molar-refractivity contribution in [2.75, 3.05) is 40.0 Å². The minimum atomic E-state index is -3.18. The Morgan fingerprint density at radius 2 is 1.89 bits per heavy atom. The van der Waals surface area contributed by atoms with Crippen LogP contribution in [0.2, 0.25) is 10.0 Å². The Bertz CT molecular complexity index is 810. The summed E-state index contributed by atoms with van der Waals surface area (Å²) in [5, 5.41) is 0.841. The Kier molecular flexibility index (Phi) is 7.78. The van der Waals surface area contributed by atoms with Crippen molar-refractivity contribution in [1.29, 1.82) is 0 Å². The Hall–Kier alpha value is -0.860. The zero-order valence-electron chi connectivity index (χ0n) is 16.7. The smallest absolute Gasteiger partial charge is 0.316 e. The van der Waals surface area contributed by atoms with Crippen LogP contribution in [0.15, 0.2) is 18.2 Å². The fraction of sp³-hybridized carbons (Fsp3) is 0.632. The number of likely N-dealkylation sites (tertiary alicyclic amines) is 1. The molecule has 158 valence electrons. The van der Waals surface area contributed by atoms with E-state index >= 15 is 0 Å². The average molecular weight is 451 g/mol. The predicted octanol–water partition coefficient (Wildman–Crippen LogP) is 3.17. The zero-order chi connectivity index (χ0) is 21.1. The average Bonchev–Trinajstić information content (AvgIpc) is 2.66. The number of methoxy groups -OCH3 is 1. The van der Waals surface area contributed by atoms with Gasteiger partial charge in [-0.25, -0.2) is 12.7 Å². The highest BCUT2D eigenvalue weighted by Gasteiger charge is 2.37. The van der Waals surface area contributed by atoms with Crippen LogP contribution >= 0.6 is 23.2 Å². The maximum absolute atomic E-state index is 12.6. The van der Waals surface area contributed by atoms with Gasteiger partial charge < -0.3 is 9.64 Å². The van der Waals surface area contributed by atoms with Gasteiger partial charge in [-0.05, 0) is 63.5 Å². The molecule has 0 aliphatic carbocycles. The van der Waals surface area contributed by atoms with Crippen molar-refractivity contribution >= 4 is 39.2 Å². The van der Waals surface area contributed by atoms with Gasteiger partial charge in [-0.15, -0.1) is 0 Å². The van der Waals surface area contributed by atoms with E-state index in [0.29, 0.717) is 23.0 Å². The van der Waals surface area contributed by atoms with Crippen LogP contribution in [-0.4, -0.2) is 69.7 Å². The van der Waals surface area contributed by atoms with Gasteiger partial charge in [-0.1, -0.05) is 29.3 Å². The lowest BCUT2D eigenvalue weighted by molar-refractivity contribution is -0.147. The normalized spacial score (nSPS) is 18.8. The standard InChI is InChI=1S/C19H28Cl2N2O4S/c1-19(18(24)27-3,14-5-6-16(20)17(21)13-14)9-12-23-10-7-15(8-11-23)22(2)28(4,25)26/h5-6,13,15H,7-12H2,1-4H3. The van der Waals surface area contributed by atoms with Crippen LogP contribution in [0.5, 0.6) is 0 Å². The lowest BCUT2D eigenvalue weighted by Gasteiger charge is -2.37. The molecule has 0 bridgehead atoms. The Morgan fingerprint density at radius 3 is 2.39 bits per heavy atom. The lowest BCUT2D eigenvalue weighted by Crippen LogP contribution is -2.46. The monoisotopic (exact) mass is 450 g/mol. The molecule has 0 aromatic heterocycles. The third-order valence-corrected chi connectivity index (χ3v) is 7.80. The first-order valence-electron chi connectivity index (χ1n) is 9.18. The summed E-state index contributed by atoms with van der Waals surface area (Å²) >= 11 is 12.2. The van der Waals surface area contributed by atoms with Crippen LogP contribution in [0.25, 0.3) is 0 Å². The molecule has 1 aliphatic rings. The third kappa shape index (κ3) is 5.39. The van der Waals surface area contributed by atoms with Crippen LogP contribution in [0.3, 0.4) is 0 Å². The van der Waals surface area contributed by atoms with Gasteiger partial charge in [0.05, 0.1) is 28.8 Å². The van der Waals surface area contributed by atoms with Crippen LogP contribution < -0.4 is 0 Å². The highest BCUT2D eigenvalue weighted by atomic mass is 35.5. The molecule has 1 aliphatic heterocycles. The molecule has 1 aromatic carbocycles. The molecule has 0 radical (unpaired) electrons. The van der Waals surface area contributed by atoms with E-state index in [-0.39, 0.29) is 12.0 Å². The first-order valence-corrected chi connectivity index (χ1v) is 11.8. The van der Waals surface area contributed by atoms with Crippen LogP contribution in [0, 0.1) is 0 Å². The van der Waals surface area contributed by atoms with Crippen molar-refractivity contribution < 1.29 is 17.9 Å². The molecular formula is C19H28Cl2N2O4S. The number of nitrogens with zero attached hydrogens (tertiary/aromatic N) is 2. The summed E-state index contributed by atoms with van der Waals surface area (Å²) < 4.78 is 30.0. The van der Waals surface area contributed by atoms with Crippen molar-refractivity contribution in [3.63, 3.8) is 0 Å². The molecule has 28 heavy (non-hydrogen) atoms. The van der Waals surface area contributed by atoms with Crippen molar-refractivity contribution in [2.24, 2.45) is 0 Å². The summed E-state index contributed by atoms with van der Waals surface area (Å²) in [5.41, 5.74) is -0.0796. The zero-order valence-corrected chi connectivity index (χ0v) is 19.1. The molecule has 9 heteroatoms. The number of benzene rings is 1. The molecule has 0 spiro atoms. The van der Waals surface area contributed by atoms with Crippen LogP contribution in [0.4, 0.5) is 0 Å². The second-order valence-electron chi connectivity index (χ2n) is 7.55. The topological polar surface area (TPSA) is 66.9 Å². The summed E-state index contributed by atoms with van der Waals surface area (Å²) in [5.74, 6) is -0.322. The van der Waals surface area contributed by atoms with Gasteiger partial charge in [-0.2, -0.15) is 0 Å². The van der Waals surface area contributed by atoms with Gasteiger partial charge in [0.2, 0.25) is 10.0 Å². The molecule has 1 unspecified atom stereocenters. The number of carbonyl (C=O) groups is 1. The van der Waals surface area contributed by atoms with E-state index in [4.69, 9.17) is 27.9 Å². The van der Waals surface area contributed by atoms with Crippen LogP contribution in [0.1, 0.15) is 31.7 Å². The number of hydrogen-bond acceptors (Lipinski definition) is 5. The molecule has 0 saturated carbocycles. The maximum atomic E-state index is 12.6. The van der Waals surface area contributed by atoms with Crippen LogP contribution in [-0.2, 0) is 25.0 Å². The van der Waals surface area contributed by atoms with Gasteiger partial charge in [0.1, 0.15) is 0 Å². The number of piperidine rings is 1. The lowest BCUT2D eigenvalue weighted by atomic mass is 9.79. The number of halogens is 2. The maximum Gasteiger partial charge on any atom is 0.316 e. The molecule has 1 heterocycles. The van der Waals surface area contributed by atoms with E-state index in [1.807, 2.05) is 6.92 Å². The van der Waals surface area contributed by atoms with Gasteiger partial charge in [0.25, 0.3) is 0 Å². The van der Waals surface area contributed by atoms with Gasteiger partial charge >= 0.3 is 5.97 Å². The molecule has 1 atom stereocenters. The van der Waals surface area contributed by atoms with Gasteiger partial charge in [0, 0.05) is 13.1 Å². The summed E-state index contributed by atoms with van der Waals surface area (Å²) in [6.07, 6.45) is 3.33. The van der Waals surface area contributed by atoms with Crippen molar-refractivity contribution in [1.82, 2.24) is 9.21 Å². The molecule has 0 N–H and O–H groups in total. The van der Waals surface area contributed by atoms with E-state index in [1.165, 1.54) is 17.7 Å². The summed E-state index contributed by atoms with van der Waals surface area (Å²) in [7, 11) is -0.171. The van der Waals surface area contributed by atoms with Gasteiger partial charge in [-0.3, -0.25) is 4.79 Å². The predicted molar refractivity (Wildman–Crippen MR) is 113 cm³/mol. The quantitative estimate of drug-likeness (QED) is 0.596. The van der Waals surface area contributed by atoms with E-state index in [0.717, 1.165) is 31.5 Å². The Morgan fingerprint density at radius 1 is 1.29 bits per heavy atom. The Balaban J connectivity index is 2.05. The number of carbonyl (C=O) groups excluding carboxylic acids is 1. The number of rotatable bonds is 7. The molecule has 0 amide bonds. The first kappa shape index (κ1) is 23.4. The highest BCUT2D eigenvalue weighted by molar-refractivity contribution is 7.88. The number of esters is 1. The summed E-state index contributed by atoms with van der Waals surface area (Å²) in [6.45, 7) is 4.11. The fourth-order valence-corrected chi connectivity index (χ4v) is 4.64. The van der Waals surface area contributed by atoms with Crippen molar-refractivity contribution in [3.8, 4) is 0 Å². The first-order chi connectivity index (χ1) is 13.0. The van der Waals surface area contributed by atoms with E-state index in [2.05, 4.69) is 4.90 Å². The van der Waals surface area contributed by atoms with E-state index in [1.54, 1.807) is 25.2 Å². The molecule has 6 nitrogen and oxygen atoms in total. The van der Waals surface area contributed by atoms with Crippen molar-refractivity contribution in [3.05, 3.63) is 33.8 Å². The Labute approximate surface area is 177 Å². The molecular weight excluding hydrogens is 423 g/mol. The third-order valence-electron chi connectivity index (χ3n) is 5.72. The van der Waals surface area contributed by atoms with Crippen molar-refractivity contribution in [2.45, 2.75) is 37.6 Å². The largest absolute Gasteiger partial charge is 0.468 e. The van der Waals surface area contributed by atoms with Gasteiger partial charge in [0.15, 0.2) is 0 Å². The fourth-order valence-electron chi connectivity index (χ4n) is 3.59. The minimum absolute atomic E-state index is 0.0216. The molecule has 1 aromatic rings. The number of hydrogen-bond donors (Lipinski definition) is 0. The summed E-state index contributed by atoms with van der Waals surface area (Å²) in [4.78, 5) is 14.8. The second-order valence-corrected chi connectivity index (χ2v) is 10.4. The number of ether oxygens (including phenoxy) is 1.